The highest BCUT2D eigenvalue weighted by molar-refractivity contribution is 7.89. The van der Waals surface area contributed by atoms with Gasteiger partial charge in [-0.2, -0.15) is 4.31 Å². The molecule has 0 aromatic heterocycles. The van der Waals surface area contributed by atoms with Gasteiger partial charge < -0.3 is 5.73 Å². The first-order valence-electron chi connectivity index (χ1n) is 5.51. The molecule has 1 saturated carbocycles. The molecule has 2 unspecified atom stereocenters. The van der Waals surface area contributed by atoms with E-state index >= 15 is 0 Å². The molecule has 6 heteroatoms. The molecule has 0 spiro atoms. The predicted molar refractivity (Wildman–Crippen MR) is 60.1 cm³/mol. The molecule has 92 valence electrons. The molecular weight excluding hydrogens is 243 g/mol. The van der Waals surface area contributed by atoms with Crippen LogP contribution in [0.15, 0.2) is 29.2 Å². The van der Waals surface area contributed by atoms with Crippen LogP contribution in [0, 0.1) is 17.7 Å². The zero-order valence-corrected chi connectivity index (χ0v) is 9.90. The fourth-order valence-corrected chi connectivity index (χ4v) is 4.00. The maximum absolute atomic E-state index is 12.7. The smallest absolute Gasteiger partial charge is 0.243 e. The molecule has 0 bridgehead atoms. The van der Waals surface area contributed by atoms with Crippen LogP contribution in [0.2, 0.25) is 0 Å². The van der Waals surface area contributed by atoms with E-state index < -0.39 is 15.8 Å². The van der Waals surface area contributed by atoms with E-state index in [4.69, 9.17) is 5.73 Å². The average Bonchev–Trinajstić information content (AvgIpc) is 2.76. The maximum atomic E-state index is 12.7. The number of benzene rings is 1. The SMILES string of the molecule is NC1C2CN(S(=O)(=O)c3ccc(F)cc3)CC12. The lowest BCUT2D eigenvalue weighted by atomic mass is 10.4. The molecule has 1 aliphatic carbocycles. The fourth-order valence-electron chi connectivity index (χ4n) is 2.49. The Morgan fingerprint density at radius 2 is 1.71 bits per heavy atom. The number of nitrogens with zero attached hydrogens (tertiary/aromatic N) is 1. The molecule has 0 amide bonds. The van der Waals surface area contributed by atoms with Crippen molar-refractivity contribution >= 4 is 10.0 Å². The Labute approximate surface area is 99.3 Å². The van der Waals surface area contributed by atoms with Gasteiger partial charge in [-0.15, -0.1) is 0 Å². The molecule has 2 fully saturated rings. The van der Waals surface area contributed by atoms with Gasteiger partial charge in [-0.05, 0) is 36.1 Å². The van der Waals surface area contributed by atoms with Crippen LogP contribution >= 0.6 is 0 Å². The summed E-state index contributed by atoms with van der Waals surface area (Å²) in [6, 6.07) is 5.09. The molecule has 1 heterocycles. The summed E-state index contributed by atoms with van der Waals surface area (Å²) in [4.78, 5) is 0.147. The largest absolute Gasteiger partial charge is 0.327 e. The van der Waals surface area contributed by atoms with E-state index in [1.54, 1.807) is 0 Å². The first-order chi connectivity index (χ1) is 8.00. The van der Waals surface area contributed by atoms with Crippen molar-refractivity contribution in [2.24, 2.45) is 17.6 Å². The minimum atomic E-state index is -3.47. The molecule has 2 aliphatic rings. The maximum Gasteiger partial charge on any atom is 0.243 e. The van der Waals surface area contributed by atoms with Gasteiger partial charge in [-0.3, -0.25) is 0 Å². The van der Waals surface area contributed by atoms with E-state index in [-0.39, 0.29) is 10.9 Å². The lowest BCUT2D eigenvalue weighted by Crippen LogP contribution is -2.33. The summed E-state index contributed by atoms with van der Waals surface area (Å²) in [5.74, 6) is 0.186. The van der Waals surface area contributed by atoms with Gasteiger partial charge in [0.1, 0.15) is 5.82 Å². The second kappa shape index (κ2) is 3.51. The summed E-state index contributed by atoms with van der Waals surface area (Å²) in [7, 11) is -3.47. The van der Waals surface area contributed by atoms with Gasteiger partial charge >= 0.3 is 0 Å². The third kappa shape index (κ3) is 1.67. The van der Waals surface area contributed by atoms with E-state index in [0.29, 0.717) is 24.9 Å². The highest BCUT2D eigenvalue weighted by atomic mass is 32.2. The van der Waals surface area contributed by atoms with Crippen molar-refractivity contribution in [1.82, 2.24) is 4.31 Å². The van der Waals surface area contributed by atoms with E-state index in [2.05, 4.69) is 0 Å². The number of sulfonamides is 1. The number of piperidine rings is 1. The summed E-state index contributed by atoms with van der Waals surface area (Å²) in [6.45, 7) is 0.983. The number of nitrogens with two attached hydrogens (primary N) is 1. The van der Waals surface area contributed by atoms with Gasteiger partial charge in [0.25, 0.3) is 0 Å². The first-order valence-corrected chi connectivity index (χ1v) is 6.95. The zero-order valence-electron chi connectivity index (χ0n) is 9.08. The minimum Gasteiger partial charge on any atom is -0.327 e. The third-order valence-electron chi connectivity index (χ3n) is 3.68. The van der Waals surface area contributed by atoms with Crippen LogP contribution < -0.4 is 5.73 Å². The molecule has 1 saturated heterocycles. The fraction of sp³-hybridized carbons (Fsp3) is 0.455. The van der Waals surface area contributed by atoms with Gasteiger partial charge in [-0.1, -0.05) is 0 Å². The standard InChI is InChI=1S/C11H13FN2O2S/c12-7-1-3-8(4-2-7)17(15,16)14-5-9-10(6-14)11(9)13/h1-4,9-11H,5-6,13H2. The summed E-state index contributed by atoms with van der Waals surface area (Å²) < 4.78 is 38.6. The van der Waals surface area contributed by atoms with Crippen LogP contribution in [-0.2, 0) is 10.0 Å². The molecule has 4 nitrogen and oxygen atoms in total. The number of hydrogen-bond donors (Lipinski definition) is 1. The van der Waals surface area contributed by atoms with Crippen LogP contribution in [-0.4, -0.2) is 31.9 Å². The van der Waals surface area contributed by atoms with Crippen LogP contribution in [0.5, 0.6) is 0 Å². The van der Waals surface area contributed by atoms with Gasteiger partial charge in [0.05, 0.1) is 4.90 Å². The Morgan fingerprint density at radius 1 is 1.18 bits per heavy atom. The van der Waals surface area contributed by atoms with Crippen molar-refractivity contribution in [2.45, 2.75) is 10.9 Å². The van der Waals surface area contributed by atoms with Crippen molar-refractivity contribution in [3.05, 3.63) is 30.1 Å². The van der Waals surface area contributed by atoms with Crippen molar-refractivity contribution in [2.75, 3.05) is 13.1 Å². The number of halogens is 1. The van der Waals surface area contributed by atoms with Gasteiger partial charge in [-0.25, -0.2) is 12.8 Å². The molecule has 0 radical (unpaired) electrons. The van der Waals surface area contributed by atoms with Crippen LogP contribution in [0.4, 0.5) is 4.39 Å². The third-order valence-corrected chi connectivity index (χ3v) is 5.52. The van der Waals surface area contributed by atoms with Crippen LogP contribution in [0.1, 0.15) is 0 Å². The Morgan fingerprint density at radius 3 is 2.24 bits per heavy atom. The minimum absolute atomic E-state index is 0.147. The molecule has 1 aliphatic heterocycles. The lowest BCUT2D eigenvalue weighted by Gasteiger charge is -2.18. The lowest BCUT2D eigenvalue weighted by molar-refractivity contribution is 0.432. The van der Waals surface area contributed by atoms with E-state index in [9.17, 15) is 12.8 Å². The van der Waals surface area contributed by atoms with Gasteiger partial charge in [0.15, 0.2) is 0 Å². The molecular formula is C11H13FN2O2S. The Balaban J connectivity index is 1.85. The number of hydrogen-bond acceptors (Lipinski definition) is 3. The molecule has 2 atom stereocenters. The van der Waals surface area contributed by atoms with Crippen LogP contribution in [0.25, 0.3) is 0 Å². The summed E-state index contributed by atoms with van der Waals surface area (Å²) >= 11 is 0. The van der Waals surface area contributed by atoms with Gasteiger partial charge in [0, 0.05) is 19.1 Å². The quantitative estimate of drug-likeness (QED) is 0.833. The Kier molecular flexibility index (Phi) is 2.30. The molecule has 1 aromatic rings. The molecule has 1 aromatic carbocycles. The van der Waals surface area contributed by atoms with Crippen molar-refractivity contribution < 1.29 is 12.8 Å². The topological polar surface area (TPSA) is 63.4 Å². The van der Waals surface area contributed by atoms with Crippen molar-refractivity contribution in [3.8, 4) is 0 Å². The first kappa shape index (κ1) is 11.1. The second-order valence-electron chi connectivity index (χ2n) is 4.68. The average molecular weight is 256 g/mol. The number of fused-ring (bicyclic) bond motifs is 1. The Bertz CT molecular complexity index is 531. The summed E-state index contributed by atoms with van der Waals surface area (Å²) in [5.41, 5.74) is 5.76. The highest BCUT2D eigenvalue weighted by Gasteiger charge is 2.56. The zero-order chi connectivity index (χ0) is 12.2. The van der Waals surface area contributed by atoms with Crippen molar-refractivity contribution in [1.29, 1.82) is 0 Å². The summed E-state index contributed by atoms with van der Waals surface area (Å²) in [6.07, 6.45) is 0. The molecule has 3 rings (SSSR count). The molecule has 2 N–H and O–H groups in total. The normalized spacial score (nSPS) is 32.5. The van der Waals surface area contributed by atoms with E-state index in [0.717, 1.165) is 12.1 Å². The predicted octanol–water partition coefficient (Wildman–Crippen LogP) is 0.403. The second-order valence-corrected chi connectivity index (χ2v) is 6.62. The molecule has 17 heavy (non-hydrogen) atoms. The van der Waals surface area contributed by atoms with E-state index in [1.807, 2.05) is 0 Å². The monoisotopic (exact) mass is 256 g/mol. The Hall–Kier alpha value is -0.980. The van der Waals surface area contributed by atoms with Gasteiger partial charge in [0.2, 0.25) is 10.0 Å². The van der Waals surface area contributed by atoms with Crippen molar-refractivity contribution in [3.63, 3.8) is 0 Å². The van der Waals surface area contributed by atoms with E-state index in [1.165, 1.54) is 16.4 Å². The van der Waals surface area contributed by atoms with Crippen LogP contribution in [0.3, 0.4) is 0 Å². The highest BCUT2D eigenvalue weighted by Crippen LogP contribution is 2.45. The summed E-state index contributed by atoms with van der Waals surface area (Å²) in [5, 5.41) is 0. The number of rotatable bonds is 2.